The summed E-state index contributed by atoms with van der Waals surface area (Å²) in [5, 5.41) is 5.55. The van der Waals surface area contributed by atoms with E-state index < -0.39 is 35.0 Å². The fraction of sp³-hybridized carbons (Fsp3) is 0.800. The summed E-state index contributed by atoms with van der Waals surface area (Å²) in [6.07, 6.45) is 0.775. The van der Waals surface area contributed by atoms with Gasteiger partial charge in [0, 0.05) is 19.5 Å². The van der Waals surface area contributed by atoms with Crippen molar-refractivity contribution in [2.45, 2.75) is 50.9 Å². The van der Waals surface area contributed by atoms with Gasteiger partial charge in [-0.3, -0.25) is 14.4 Å². The molecule has 0 aromatic rings. The number of nitrogens with one attached hydrogen (secondary N) is 2. The molecule has 0 aromatic carbocycles. The van der Waals surface area contributed by atoms with Crippen LogP contribution in [0.2, 0.25) is 0 Å². The molecule has 2 aliphatic heterocycles. The van der Waals surface area contributed by atoms with Crippen LogP contribution in [0.25, 0.3) is 0 Å². The minimum absolute atomic E-state index is 0. The molecule has 2 fully saturated rings. The molecule has 1 spiro atoms. The van der Waals surface area contributed by atoms with Gasteiger partial charge < -0.3 is 21.3 Å². The van der Waals surface area contributed by atoms with E-state index >= 15 is 0 Å². The van der Waals surface area contributed by atoms with Crippen molar-refractivity contribution in [2.75, 3.05) is 20.1 Å². The van der Waals surface area contributed by atoms with Crippen molar-refractivity contribution < 1.29 is 18.8 Å². The first-order chi connectivity index (χ1) is 10.6. The number of likely N-dealkylation sites (N-methyl/N-ethyl adjacent to an activating group) is 1. The van der Waals surface area contributed by atoms with Gasteiger partial charge in [0.05, 0.1) is 11.5 Å². The Labute approximate surface area is 147 Å². The highest BCUT2D eigenvalue weighted by Gasteiger charge is 2.55. The predicted octanol–water partition coefficient (Wildman–Crippen LogP) is -0.273. The third-order valence-corrected chi connectivity index (χ3v) is 4.75. The molecule has 24 heavy (non-hydrogen) atoms. The second-order valence-corrected chi connectivity index (χ2v) is 7.14. The van der Waals surface area contributed by atoms with Gasteiger partial charge in [-0.05, 0) is 33.7 Å². The molecule has 1 unspecified atom stereocenters. The van der Waals surface area contributed by atoms with Crippen molar-refractivity contribution in [3.63, 3.8) is 0 Å². The number of likely N-dealkylation sites (tertiary alicyclic amines) is 1. The zero-order valence-corrected chi connectivity index (χ0v) is 15.0. The monoisotopic (exact) mass is 364 g/mol. The molecule has 3 atom stereocenters. The first-order valence-corrected chi connectivity index (χ1v) is 7.84. The minimum atomic E-state index is -1.53. The normalized spacial score (nSPS) is 27.8. The number of carbonyl (C=O) groups excluding carboxylic acids is 3. The predicted molar refractivity (Wildman–Crippen MR) is 89.3 cm³/mol. The van der Waals surface area contributed by atoms with E-state index in [1.807, 2.05) is 0 Å². The number of hydrogen-bond donors (Lipinski definition) is 3. The van der Waals surface area contributed by atoms with Crippen LogP contribution in [0.1, 0.15) is 33.1 Å². The van der Waals surface area contributed by atoms with Crippen LogP contribution >= 0.6 is 12.4 Å². The molecule has 0 radical (unpaired) electrons. The molecule has 4 N–H and O–H groups in total. The first kappa shape index (κ1) is 20.6. The van der Waals surface area contributed by atoms with Gasteiger partial charge in [-0.15, -0.1) is 12.4 Å². The summed E-state index contributed by atoms with van der Waals surface area (Å²) in [7, 11) is 1.57. The number of hydrogen-bond acceptors (Lipinski definition) is 4. The van der Waals surface area contributed by atoms with Crippen molar-refractivity contribution in [2.24, 2.45) is 11.1 Å². The van der Waals surface area contributed by atoms with Gasteiger partial charge in [0.2, 0.25) is 17.7 Å². The lowest BCUT2D eigenvalue weighted by atomic mass is 9.84. The van der Waals surface area contributed by atoms with Crippen molar-refractivity contribution in [3.05, 3.63) is 0 Å². The van der Waals surface area contributed by atoms with Gasteiger partial charge in [0.25, 0.3) is 0 Å². The standard InChI is InChI=1S/C15H25FN4O3.ClH/c1-14(2,16)6-9(18-3)12(22)20-8-15(4-5-19-13(15)23)7-10(20)11(17)21;/h9-10,18H,4-8H2,1-3H3,(H2,17,21)(H,19,23);1H/t9?,10-,15-;/m0./s1. The number of nitrogens with zero attached hydrogens (tertiary/aromatic N) is 1. The van der Waals surface area contributed by atoms with Crippen molar-refractivity contribution in [1.29, 1.82) is 0 Å². The number of halogens is 2. The van der Waals surface area contributed by atoms with Gasteiger partial charge in [0.1, 0.15) is 11.7 Å². The summed E-state index contributed by atoms with van der Waals surface area (Å²) in [5.74, 6) is -1.17. The van der Waals surface area contributed by atoms with Crippen LogP contribution in [-0.2, 0) is 14.4 Å². The topological polar surface area (TPSA) is 105 Å². The Morgan fingerprint density at radius 3 is 2.58 bits per heavy atom. The molecule has 0 saturated carbocycles. The van der Waals surface area contributed by atoms with Gasteiger partial charge in [0.15, 0.2) is 0 Å². The van der Waals surface area contributed by atoms with Crippen LogP contribution in [0, 0.1) is 5.41 Å². The summed E-state index contributed by atoms with van der Waals surface area (Å²) in [5.41, 5.74) is 3.15. The third-order valence-electron chi connectivity index (χ3n) is 4.75. The molecule has 0 aliphatic carbocycles. The average Bonchev–Trinajstić information content (AvgIpc) is 3.00. The zero-order valence-electron chi connectivity index (χ0n) is 14.2. The van der Waals surface area contributed by atoms with Crippen LogP contribution in [0.4, 0.5) is 4.39 Å². The molecule has 2 rings (SSSR count). The lowest BCUT2D eigenvalue weighted by molar-refractivity contribution is -0.140. The van der Waals surface area contributed by atoms with Crippen LogP contribution in [0.15, 0.2) is 0 Å². The number of nitrogens with two attached hydrogens (primary N) is 1. The molecule has 0 aromatic heterocycles. The summed E-state index contributed by atoms with van der Waals surface area (Å²) in [6.45, 7) is 3.47. The summed E-state index contributed by atoms with van der Waals surface area (Å²) < 4.78 is 13.9. The molecule has 3 amide bonds. The Kier molecular flexibility index (Phi) is 6.21. The fourth-order valence-corrected chi connectivity index (χ4v) is 3.53. The lowest BCUT2D eigenvalue weighted by Gasteiger charge is -2.29. The second kappa shape index (κ2) is 7.23. The number of amides is 3. The van der Waals surface area contributed by atoms with E-state index in [4.69, 9.17) is 5.73 Å². The van der Waals surface area contributed by atoms with E-state index in [2.05, 4.69) is 10.6 Å². The van der Waals surface area contributed by atoms with E-state index in [1.54, 1.807) is 7.05 Å². The highest BCUT2D eigenvalue weighted by Crippen LogP contribution is 2.41. The Morgan fingerprint density at radius 2 is 2.17 bits per heavy atom. The Balaban J connectivity index is 0.00000288. The zero-order chi connectivity index (χ0) is 17.4. The van der Waals surface area contributed by atoms with Gasteiger partial charge in [-0.1, -0.05) is 0 Å². The summed E-state index contributed by atoms with van der Waals surface area (Å²) in [4.78, 5) is 38.0. The smallest absolute Gasteiger partial charge is 0.240 e. The maximum absolute atomic E-state index is 13.9. The van der Waals surface area contributed by atoms with Crippen molar-refractivity contribution in [1.82, 2.24) is 15.5 Å². The number of alkyl halides is 1. The van der Waals surface area contributed by atoms with E-state index in [0.717, 1.165) is 0 Å². The SMILES string of the molecule is CNC(CC(C)(C)F)C(=O)N1C[C@]2(CCNC2=O)C[C@H]1C(N)=O.Cl. The Bertz CT molecular complexity index is 525. The van der Waals surface area contributed by atoms with Crippen LogP contribution in [0.5, 0.6) is 0 Å². The van der Waals surface area contributed by atoms with E-state index in [0.29, 0.717) is 13.0 Å². The highest BCUT2D eigenvalue weighted by molar-refractivity contribution is 5.93. The fourth-order valence-electron chi connectivity index (χ4n) is 3.53. The number of primary amides is 1. The van der Waals surface area contributed by atoms with Gasteiger partial charge in [-0.2, -0.15) is 0 Å². The molecule has 2 aliphatic rings. The first-order valence-electron chi connectivity index (χ1n) is 7.84. The molecular formula is C15H26ClFN4O3. The van der Waals surface area contributed by atoms with E-state index in [-0.39, 0.29) is 37.7 Å². The maximum Gasteiger partial charge on any atom is 0.240 e. The summed E-state index contributed by atoms with van der Waals surface area (Å²) in [6, 6.07) is -1.60. The number of carbonyl (C=O) groups is 3. The quantitative estimate of drug-likeness (QED) is 0.624. The van der Waals surface area contributed by atoms with Gasteiger partial charge in [-0.25, -0.2) is 4.39 Å². The van der Waals surface area contributed by atoms with Gasteiger partial charge >= 0.3 is 0 Å². The molecule has 9 heteroatoms. The van der Waals surface area contributed by atoms with E-state index in [1.165, 1.54) is 18.7 Å². The van der Waals surface area contributed by atoms with Crippen molar-refractivity contribution in [3.8, 4) is 0 Å². The highest BCUT2D eigenvalue weighted by atomic mass is 35.5. The molecule has 138 valence electrons. The largest absolute Gasteiger partial charge is 0.368 e. The lowest BCUT2D eigenvalue weighted by Crippen LogP contribution is -2.52. The second-order valence-electron chi connectivity index (χ2n) is 7.14. The summed E-state index contributed by atoms with van der Waals surface area (Å²) >= 11 is 0. The average molecular weight is 365 g/mol. The molecule has 2 heterocycles. The molecular weight excluding hydrogens is 339 g/mol. The van der Waals surface area contributed by atoms with Crippen LogP contribution < -0.4 is 16.4 Å². The maximum atomic E-state index is 13.9. The van der Waals surface area contributed by atoms with Crippen molar-refractivity contribution >= 4 is 30.1 Å². The van der Waals surface area contributed by atoms with Crippen LogP contribution in [-0.4, -0.2) is 60.5 Å². The molecule has 2 saturated heterocycles. The van der Waals surface area contributed by atoms with Crippen LogP contribution in [0.3, 0.4) is 0 Å². The Morgan fingerprint density at radius 1 is 1.54 bits per heavy atom. The third kappa shape index (κ3) is 3.97. The molecule has 7 nitrogen and oxygen atoms in total. The van der Waals surface area contributed by atoms with E-state index in [9.17, 15) is 18.8 Å². The Hall–Kier alpha value is -1.41. The number of rotatable bonds is 5. The minimum Gasteiger partial charge on any atom is -0.368 e. The molecule has 0 bridgehead atoms.